The molecule has 0 spiro atoms. The summed E-state index contributed by atoms with van der Waals surface area (Å²) in [6.45, 7) is 5.87. The first-order valence-electron chi connectivity index (χ1n) is 12.9. The van der Waals surface area contributed by atoms with Crippen LogP contribution >= 0.6 is 11.6 Å². The van der Waals surface area contributed by atoms with Gasteiger partial charge in [0.05, 0.1) is 5.56 Å². The van der Waals surface area contributed by atoms with Gasteiger partial charge in [-0.3, -0.25) is 4.79 Å². The molecule has 0 saturated carbocycles. The van der Waals surface area contributed by atoms with E-state index in [-0.39, 0.29) is 17.3 Å². The monoisotopic (exact) mass is 524 g/mol. The lowest BCUT2D eigenvalue weighted by Gasteiger charge is -2.12. The molecular weight excluding hydrogens is 491 g/mol. The van der Waals surface area contributed by atoms with Gasteiger partial charge in [0.1, 0.15) is 22.7 Å². The second-order valence-electron chi connectivity index (χ2n) is 9.48. The van der Waals surface area contributed by atoms with Crippen LogP contribution < -0.4 is 9.47 Å². The Labute approximate surface area is 223 Å². The zero-order valence-corrected chi connectivity index (χ0v) is 22.4. The molecule has 3 aromatic rings. The van der Waals surface area contributed by atoms with Crippen molar-refractivity contribution in [3.63, 3.8) is 0 Å². The Hall–Kier alpha value is -3.18. The van der Waals surface area contributed by atoms with Crippen LogP contribution in [0.1, 0.15) is 68.8 Å². The molecule has 37 heavy (non-hydrogen) atoms. The highest BCUT2D eigenvalue weighted by molar-refractivity contribution is 6.30. The number of alkyl halides is 1. The van der Waals surface area contributed by atoms with Crippen molar-refractivity contribution in [1.82, 2.24) is 0 Å². The number of esters is 2. The van der Waals surface area contributed by atoms with Crippen LogP contribution in [0.25, 0.3) is 11.1 Å². The molecule has 0 aliphatic rings. The van der Waals surface area contributed by atoms with E-state index in [4.69, 9.17) is 21.1 Å². The minimum atomic E-state index is -0.704. The normalized spacial score (nSPS) is 11.8. The molecule has 0 aliphatic heterocycles. The first kappa shape index (κ1) is 28.4. The number of carbonyl (C=O) groups is 2. The fraction of sp³-hybridized carbons (Fsp3) is 0.355. The van der Waals surface area contributed by atoms with Gasteiger partial charge in [-0.05, 0) is 71.8 Å². The van der Waals surface area contributed by atoms with Crippen molar-refractivity contribution in [1.29, 1.82) is 0 Å². The summed E-state index contributed by atoms with van der Waals surface area (Å²) < 4.78 is 25.3. The van der Waals surface area contributed by atoms with E-state index >= 15 is 0 Å². The third kappa shape index (κ3) is 8.43. The Morgan fingerprint density at radius 3 is 1.92 bits per heavy atom. The summed E-state index contributed by atoms with van der Waals surface area (Å²) in [5, 5.41) is -0.704. The third-order valence-corrected chi connectivity index (χ3v) is 6.80. The summed E-state index contributed by atoms with van der Waals surface area (Å²) in [5.41, 5.74) is 2.60. The topological polar surface area (TPSA) is 52.6 Å². The maximum atomic E-state index is 14.5. The molecule has 0 aromatic heterocycles. The van der Waals surface area contributed by atoms with Gasteiger partial charge in [0, 0.05) is 0 Å². The predicted molar refractivity (Wildman–Crippen MR) is 146 cm³/mol. The first-order chi connectivity index (χ1) is 17.8. The molecule has 0 radical (unpaired) electrons. The van der Waals surface area contributed by atoms with Gasteiger partial charge in [-0.2, -0.15) is 0 Å². The molecule has 1 atom stereocenters. The van der Waals surface area contributed by atoms with Crippen molar-refractivity contribution >= 4 is 23.5 Å². The molecular formula is C31H34ClFO4. The number of hydrogen-bond acceptors (Lipinski definition) is 4. The lowest BCUT2D eigenvalue weighted by molar-refractivity contribution is -0.134. The second-order valence-corrected chi connectivity index (χ2v) is 9.95. The maximum absolute atomic E-state index is 14.5. The second kappa shape index (κ2) is 13.9. The molecule has 0 fully saturated rings. The van der Waals surface area contributed by atoms with E-state index in [2.05, 4.69) is 6.92 Å². The molecule has 3 aromatic carbocycles. The SMILES string of the molecule is CCCCCCCc1ccc(C(=O)Oc2ccc(-c3ccc(OC(=O)C(Cl)C(C)C)cc3)cc2)cc1F. The van der Waals surface area contributed by atoms with Crippen molar-refractivity contribution < 1.29 is 23.5 Å². The van der Waals surface area contributed by atoms with Gasteiger partial charge in [0.2, 0.25) is 0 Å². The zero-order chi connectivity index (χ0) is 26.8. The average Bonchev–Trinajstić information content (AvgIpc) is 2.89. The van der Waals surface area contributed by atoms with Crippen LogP contribution in [0.4, 0.5) is 4.39 Å². The van der Waals surface area contributed by atoms with Crippen molar-refractivity contribution in [3.05, 3.63) is 83.7 Å². The number of rotatable bonds is 12. The number of unbranched alkanes of at least 4 members (excludes halogenated alkanes) is 4. The van der Waals surface area contributed by atoms with Gasteiger partial charge >= 0.3 is 11.9 Å². The standard InChI is InChI=1S/C31H34ClFO4/c1-4-5-6-7-8-9-24-10-11-25(20-28(24)33)30(34)36-26-16-12-22(13-17-26)23-14-18-27(19-15-23)37-31(35)29(32)21(2)3/h10-21,29H,4-9H2,1-3H3. The summed E-state index contributed by atoms with van der Waals surface area (Å²) in [5.74, 6) is -0.703. The molecule has 1 unspecified atom stereocenters. The van der Waals surface area contributed by atoms with Crippen LogP contribution in [0.3, 0.4) is 0 Å². The number of ether oxygens (including phenoxy) is 2. The van der Waals surface area contributed by atoms with Crippen LogP contribution in [-0.4, -0.2) is 17.3 Å². The Morgan fingerprint density at radius 2 is 1.38 bits per heavy atom. The Kier molecular flexibility index (Phi) is 10.7. The van der Waals surface area contributed by atoms with Crippen molar-refractivity contribution in [2.75, 3.05) is 0 Å². The van der Waals surface area contributed by atoms with Crippen LogP contribution in [0, 0.1) is 11.7 Å². The minimum absolute atomic E-state index is 0.0236. The highest BCUT2D eigenvalue weighted by Gasteiger charge is 2.21. The van der Waals surface area contributed by atoms with Crippen molar-refractivity contribution in [2.24, 2.45) is 5.92 Å². The van der Waals surface area contributed by atoms with E-state index in [0.29, 0.717) is 23.5 Å². The number of aryl methyl sites for hydroxylation is 1. The van der Waals surface area contributed by atoms with Gasteiger partial charge in [0.15, 0.2) is 0 Å². The molecule has 0 aliphatic carbocycles. The first-order valence-corrected chi connectivity index (χ1v) is 13.3. The average molecular weight is 525 g/mol. The van der Waals surface area contributed by atoms with Crippen LogP contribution in [0.5, 0.6) is 11.5 Å². The molecule has 0 bridgehead atoms. The highest BCUT2D eigenvalue weighted by Crippen LogP contribution is 2.26. The fourth-order valence-electron chi connectivity index (χ4n) is 3.84. The number of benzene rings is 3. The van der Waals surface area contributed by atoms with E-state index in [1.54, 1.807) is 36.4 Å². The number of carbonyl (C=O) groups excluding carboxylic acids is 2. The molecule has 3 rings (SSSR count). The van der Waals surface area contributed by atoms with E-state index in [1.165, 1.54) is 18.9 Å². The lowest BCUT2D eigenvalue weighted by atomic mass is 10.0. The summed E-state index contributed by atoms with van der Waals surface area (Å²) in [4.78, 5) is 24.6. The van der Waals surface area contributed by atoms with E-state index in [9.17, 15) is 14.0 Å². The van der Waals surface area contributed by atoms with Gasteiger partial charge < -0.3 is 9.47 Å². The van der Waals surface area contributed by atoms with E-state index < -0.39 is 17.3 Å². The largest absolute Gasteiger partial charge is 0.425 e. The van der Waals surface area contributed by atoms with E-state index in [0.717, 1.165) is 30.4 Å². The quantitative estimate of drug-likeness (QED) is 0.103. The molecule has 0 saturated heterocycles. The van der Waals surface area contributed by atoms with Crippen LogP contribution in [-0.2, 0) is 11.2 Å². The van der Waals surface area contributed by atoms with Gasteiger partial charge in [-0.25, -0.2) is 9.18 Å². The summed E-state index contributed by atoms with van der Waals surface area (Å²) in [7, 11) is 0. The maximum Gasteiger partial charge on any atom is 0.343 e. The van der Waals surface area contributed by atoms with Crippen molar-refractivity contribution in [2.45, 2.75) is 64.7 Å². The number of halogens is 2. The molecule has 6 heteroatoms. The summed E-state index contributed by atoms with van der Waals surface area (Å²) in [6, 6.07) is 18.6. The zero-order valence-electron chi connectivity index (χ0n) is 21.6. The third-order valence-electron chi connectivity index (χ3n) is 6.12. The van der Waals surface area contributed by atoms with Crippen LogP contribution in [0.2, 0.25) is 0 Å². The van der Waals surface area contributed by atoms with Gasteiger partial charge in [0.25, 0.3) is 0 Å². The molecule has 196 valence electrons. The Balaban J connectivity index is 1.56. The summed E-state index contributed by atoms with van der Waals surface area (Å²) >= 11 is 6.05. The fourth-order valence-corrected chi connectivity index (χ4v) is 3.88. The predicted octanol–water partition coefficient (Wildman–Crippen LogP) is 8.39. The van der Waals surface area contributed by atoms with Gasteiger partial charge in [-0.1, -0.05) is 76.8 Å². The molecule has 0 heterocycles. The molecule has 4 nitrogen and oxygen atoms in total. The lowest BCUT2D eigenvalue weighted by Crippen LogP contribution is -2.25. The minimum Gasteiger partial charge on any atom is -0.425 e. The summed E-state index contributed by atoms with van der Waals surface area (Å²) in [6.07, 6.45) is 6.22. The van der Waals surface area contributed by atoms with E-state index in [1.807, 2.05) is 38.1 Å². The Morgan fingerprint density at radius 1 is 0.811 bits per heavy atom. The number of hydrogen-bond donors (Lipinski definition) is 0. The molecule has 0 N–H and O–H groups in total. The highest BCUT2D eigenvalue weighted by atomic mass is 35.5. The Bertz CT molecular complexity index is 1170. The smallest absolute Gasteiger partial charge is 0.343 e. The van der Waals surface area contributed by atoms with Crippen molar-refractivity contribution in [3.8, 4) is 22.6 Å². The molecule has 0 amide bonds. The van der Waals surface area contributed by atoms with Gasteiger partial charge in [-0.15, -0.1) is 11.6 Å². The van der Waals surface area contributed by atoms with Crippen LogP contribution in [0.15, 0.2) is 66.7 Å².